The van der Waals surface area contributed by atoms with E-state index >= 15 is 0 Å². The molecule has 0 aromatic carbocycles. The van der Waals surface area contributed by atoms with Gasteiger partial charge in [0.2, 0.25) is 0 Å². The average molecular weight is 257 g/mol. The maximum absolute atomic E-state index is 5.72. The van der Waals surface area contributed by atoms with Crippen LogP contribution in [0.5, 0.6) is 5.75 Å². The lowest BCUT2D eigenvalue weighted by atomic mass is 10.3. The summed E-state index contributed by atoms with van der Waals surface area (Å²) in [5, 5.41) is 3.25. The Morgan fingerprint density at radius 3 is 2.79 bits per heavy atom. The molecule has 2 rings (SSSR count). The highest BCUT2D eigenvalue weighted by Gasteiger charge is 1.99. The predicted molar refractivity (Wildman–Crippen MR) is 75.1 cm³/mol. The van der Waals surface area contributed by atoms with Crippen molar-refractivity contribution in [1.29, 1.82) is 0 Å². The third-order valence-electron chi connectivity index (χ3n) is 2.70. The number of nitrogens with one attached hydrogen (secondary N) is 1. The third kappa shape index (κ3) is 4.67. The fourth-order valence-corrected chi connectivity index (χ4v) is 1.72. The molecule has 0 unspecified atom stereocenters. The van der Waals surface area contributed by atoms with Gasteiger partial charge in [0.15, 0.2) is 0 Å². The Morgan fingerprint density at radius 2 is 2.00 bits per heavy atom. The van der Waals surface area contributed by atoms with Crippen LogP contribution in [0, 0.1) is 0 Å². The monoisotopic (exact) mass is 257 g/mol. The van der Waals surface area contributed by atoms with Crippen LogP contribution in [0.25, 0.3) is 0 Å². The molecule has 2 heterocycles. The van der Waals surface area contributed by atoms with E-state index in [0.29, 0.717) is 6.61 Å². The maximum Gasteiger partial charge on any atom is 0.122 e. The van der Waals surface area contributed by atoms with Crippen LogP contribution in [0.15, 0.2) is 42.7 Å². The number of nitrogens with zero attached hydrogens (tertiary/aromatic N) is 2. The van der Waals surface area contributed by atoms with E-state index in [9.17, 15) is 0 Å². The first-order chi connectivity index (χ1) is 9.38. The molecular weight excluding hydrogens is 238 g/mol. The van der Waals surface area contributed by atoms with Gasteiger partial charge in [0.1, 0.15) is 5.75 Å². The van der Waals surface area contributed by atoms with Crippen molar-refractivity contribution in [1.82, 2.24) is 15.3 Å². The van der Waals surface area contributed by atoms with Crippen LogP contribution in [0.2, 0.25) is 0 Å². The summed E-state index contributed by atoms with van der Waals surface area (Å²) in [5.74, 6) is 0.860. The Bertz CT molecular complexity index is 488. The summed E-state index contributed by atoms with van der Waals surface area (Å²) in [7, 11) is 0. The Labute approximate surface area is 113 Å². The molecule has 0 aliphatic heterocycles. The maximum atomic E-state index is 5.72. The molecule has 0 amide bonds. The number of aromatic nitrogens is 2. The molecule has 0 fully saturated rings. The predicted octanol–water partition coefficient (Wildman–Crippen LogP) is 2.21. The van der Waals surface area contributed by atoms with Gasteiger partial charge >= 0.3 is 0 Å². The molecule has 1 N–H and O–H groups in total. The highest BCUT2D eigenvalue weighted by atomic mass is 16.5. The van der Waals surface area contributed by atoms with Crippen molar-refractivity contribution in [3.63, 3.8) is 0 Å². The van der Waals surface area contributed by atoms with E-state index in [-0.39, 0.29) is 0 Å². The molecule has 4 heteroatoms. The van der Waals surface area contributed by atoms with Gasteiger partial charge < -0.3 is 10.1 Å². The number of rotatable bonds is 7. The molecule has 0 atom stereocenters. The van der Waals surface area contributed by atoms with Crippen molar-refractivity contribution in [2.24, 2.45) is 0 Å². The fourth-order valence-electron chi connectivity index (χ4n) is 1.72. The summed E-state index contributed by atoms with van der Waals surface area (Å²) in [6.07, 6.45) is 4.39. The van der Waals surface area contributed by atoms with Gasteiger partial charge in [-0.2, -0.15) is 0 Å². The van der Waals surface area contributed by atoms with E-state index in [0.717, 1.165) is 36.6 Å². The first kappa shape index (κ1) is 13.5. The molecule has 0 saturated carbocycles. The van der Waals surface area contributed by atoms with E-state index in [1.807, 2.05) is 30.3 Å². The van der Waals surface area contributed by atoms with Crippen molar-refractivity contribution in [2.75, 3.05) is 13.2 Å². The third-order valence-corrected chi connectivity index (χ3v) is 2.70. The zero-order valence-corrected chi connectivity index (χ0v) is 11.2. The molecule has 0 aliphatic carbocycles. The number of hydrogen-bond donors (Lipinski definition) is 1. The van der Waals surface area contributed by atoms with Crippen molar-refractivity contribution >= 4 is 0 Å². The summed E-state index contributed by atoms with van der Waals surface area (Å²) in [6.45, 7) is 4.41. The number of pyridine rings is 2. The summed E-state index contributed by atoms with van der Waals surface area (Å²) in [4.78, 5) is 8.55. The summed E-state index contributed by atoms with van der Waals surface area (Å²) in [6, 6.07) is 9.77. The standard InChI is InChI=1S/C15H19N3O/c1-2-16-12-14-11-15(6-9-18-14)19-10-7-13-5-3-4-8-17-13/h3-6,8-9,11,16H,2,7,10,12H2,1H3. The lowest BCUT2D eigenvalue weighted by Gasteiger charge is -2.07. The topological polar surface area (TPSA) is 47.0 Å². The van der Waals surface area contributed by atoms with E-state index in [1.54, 1.807) is 12.4 Å². The van der Waals surface area contributed by atoms with Gasteiger partial charge in [-0.25, -0.2) is 0 Å². The van der Waals surface area contributed by atoms with Crippen LogP contribution in [0.1, 0.15) is 18.3 Å². The van der Waals surface area contributed by atoms with E-state index in [2.05, 4.69) is 22.2 Å². The Hall–Kier alpha value is -1.94. The second-order valence-corrected chi connectivity index (χ2v) is 4.18. The normalized spacial score (nSPS) is 10.4. The molecule has 100 valence electrons. The van der Waals surface area contributed by atoms with Crippen LogP contribution < -0.4 is 10.1 Å². The number of hydrogen-bond acceptors (Lipinski definition) is 4. The Balaban J connectivity index is 1.82. The minimum atomic E-state index is 0.627. The van der Waals surface area contributed by atoms with Crippen molar-refractivity contribution < 1.29 is 4.74 Å². The molecule has 0 aliphatic rings. The second kappa shape index (κ2) is 7.48. The molecule has 0 radical (unpaired) electrons. The van der Waals surface area contributed by atoms with Crippen molar-refractivity contribution in [3.8, 4) is 5.75 Å². The molecule has 19 heavy (non-hydrogen) atoms. The summed E-state index contributed by atoms with van der Waals surface area (Å²) >= 11 is 0. The molecular formula is C15H19N3O. The molecule has 0 bridgehead atoms. The van der Waals surface area contributed by atoms with Gasteiger partial charge in [0.05, 0.1) is 12.3 Å². The Kier molecular flexibility index (Phi) is 5.31. The lowest BCUT2D eigenvalue weighted by Crippen LogP contribution is -2.13. The zero-order valence-electron chi connectivity index (χ0n) is 11.2. The first-order valence-electron chi connectivity index (χ1n) is 6.57. The van der Waals surface area contributed by atoms with Gasteiger partial charge in [0, 0.05) is 37.1 Å². The van der Waals surface area contributed by atoms with E-state index in [4.69, 9.17) is 4.74 Å². The van der Waals surface area contributed by atoms with Gasteiger partial charge in [-0.15, -0.1) is 0 Å². The second-order valence-electron chi connectivity index (χ2n) is 4.18. The molecule has 2 aromatic rings. The number of ether oxygens (including phenoxy) is 1. The Morgan fingerprint density at radius 1 is 1.11 bits per heavy atom. The van der Waals surface area contributed by atoms with Crippen LogP contribution in [0.4, 0.5) is 0 Å². The minimum absolute atomic E-state index is 0.627. The van der Waals surface area contributed by atoms with Crippen LogP contribution >= 0.6 is 0 Å². The van der Waals surface area contributed by atoms with Gasteiger partial charge in [-0.3, -0.25) is 9.97 Å². The fraction of sp³-hybridized carbons (Fsp3) is 0.333. The van der Waals surface area contributed by atoms with Gasteiger partial charge in [-0.05, 0) is 24.7 Å². The van der Waals surface area contributed by atoms with Gasteiger partial charge in [0.25, 0.3) is 0 Å². The molecule has 4 nitrogen and oxygen atoms in total. The molecule has 0 saturated heterocycles. The van der Waals surface area contributed by atoms with E-state index < -0.39 is 0 Å². The van der Waals surface area contributed by atoms with Crippen molar-refractivity contribution in [3.05, 3.63) is 54.1 Å². The quantitative estimate of drug-likeness (QED) is 0.826. The lowest BCUT2D eigenvalue weighted by molar-refractivity contribution is 0.319. The summed E-state index contributed by atoms with van der Waals surface area (Å²) < 4.78 is 5.72. The SMILES string of the molecule is CCNCc1cc(OCCc2ccccn2)ccn1. The smallest absolute Gasteiger partial charge is 0.122 e. The average Bonchev–Trinajstić information content (AvgIpc) is 2.47. The summed E-state index contributed by atoms with van der Waals surface area (Å²) in [5.41, 5.74) is 2.04. The minimum Gasteiger partial charge on any atom is -0.493 e. The van der Waals surface area contributed by atoms with E-state index in [1.165, 1.54) is 0 Å². The first-order valence-corrected chi connectivity index (χ1v) is 6.57. The van der Waals surface area contributed by atoms with Crippen LogP contribution in [-0.4, -0.2) is 23.1 Å². The van der Waals surface area contributed by atoms with Crippen molar-refractivity contribution in [2.45, 2.75) is 19.9 Å². The van der Waals surface area contributed by atoms with Crippen LogP contribution in [-0.2, 0) is 13.0 Å². The molecule has 0 spiro atoms. The highest BCUT2D eigenvalue weighted by molar-refractivity contribution is 5.22. The largest absolute Gasteiger partial charge is 0.493 e. The highest BCUT2D eigenvalue weighted by Crippen LogP contribution is 2.11. The zero-order chi connectivity index (χ0) is 13.3. The molecule has 2 aromatic heterocycles. The van der Waals surface area contributed by atoms with Gasteiger partial charge in [-0.1, -0.05) is 13.0 Å². The van der Waals surface area contributed by atoms with Crippen LogP contribution in [0.3, 0.4) is 0 Å².